The van der Waals surface area contributed by atoms with Crippen LogP contribution in [0.15, 0.2) is 16.9 Å². The highest BCUT2D eigenvalue weighted by Gasteiger charge is 2.13. The van der Waals surface area contributed by atoms with Crippen molar-refractivity contribution in [3.63, 3.8) is 0 Å². The maximum absolute atomic E-state index is 5.32. The minimum atomic E-state index is 0.529. The topological polar surface area (TPSA) is 34.1 Å². The molecular formula is C11H15BrN2O. The first kappa shape index (κ1) is 10.9. The Labute approximate surface area is 98.4 Å². The van der Waals surface area contributed by atoms with Crippen LogP contribution in [0.3, 0.4) is 0 Å². The Balaban J connectivity index is 2.00. The fraction of sp³-hybridized carbons (Fsp3) is 0.545. The number of anilines is 1. The first-order chi connectivity index (χ1) is 7.25. The summed E-state index contributed by atoms with van der Waals surface area (Å²) in [4.78, 5) is 4.27. The molecule has 1 aliphatic heterocycles. The largest absolute Gasteiger partial charge is 0.381 e. The van der Waals surface area contributed by atoms with Crippen LogP contribution >= 0.6 is 15.9 Å². The van der Waals surface area contributed by atoms with Gasteiger partial charge in [0.05, 0.1) is 11.9 Å². The third-order valence-electron chi connectivity index (χ3n) is 2.61. The third kappa shape index (κ3) is 2.92. The second-order valence-electron chi connectivity index (χ2n) is 3.86. The highest BCUT2D eigenvalue weighted by atomic mass is 79.9. The summed E-state index contributed by atoms with van der Waals surface area (Å²) < 4.78 is 6.23. The average Bonchev–Trinajstić information content (AvgIpc) is 2.25. The van der Waals surface area contributed by atoms with E-state index in [-0.39, 0.29) is 0 Å². The Bertz CT molecular complexity index is 337. The summed E-state index contributed by atoms with van der Waals surface area (Å²) in [5.74, 6) is 0. The highest BCUT2D eigenvalue weighted by Crippen LogP contribution is 2.19. The summed E-state index contributed by atoms with van der Waals surface area (Å²) in [5.41, 5.74) is 2.26. The lowest BCUT2D eigenvalue weighted by Gasteiger charge is -2.24. The van der Waals surface area contributed by atoms with E-state index in [0.717, 1.165) is 41.9 Å². The zero-order chi connectivity index (χ0) is 10.7. The van der Waals surface area contributed by atoms with Crippen molar-refractivity contribution in [2.45, 2.75) is 25.8 Å². The van der Waals surface area contributed by atoms with E-state index in [4.69, 9.17) is 4.74 Å². The quantitative estimate of drug-likeness (QED) is 0.840. The number of nitrogens with zero attached hydrogens (tertiary/aromatic N) is 1. The van der Waals surface area contributed by atoms with Crippen molar-refractivity contribution in [3.8, 4) is 0 Å². The molecule has 4 heteroatoms. The van der Waals surface area contributed by atoms with Crippen LogP contribution in [0.4, 0.5) is 5.69 Å². The third-order valence-corrected chi connectivity index (χ3v) is 3.44. The van der Waals surface area contributed by atoms with Gasteiger partial charge in [0.2, 0.25) is 0 Å². The number of hydrogen-bond donors (Lipinski definition) is 1. The van der Waals surface area contributed by atoms with E-state index in [9.17, 15) is 0 Å². The predicted molar refractivity (Wildman–Crippen MR) is 64.1 cm³/mol. The molecule has 0 radical (unpaired) electrons. The first-order valence-corrected chi connectivity index (χ1v) is 6.01. The van der Waals surface area contributed by atoms with Crippen molar-refractivity contribution in [2.75, 3.05) is 18.5 Å². The molecule has 0 unspecified atom stereocenters. The number of pyridine rings is 1. The molecule has 1 N–H and O–H groups in total. The molecule has 1 aliphatic rings. The van der Waals surface area contributed by atoms with E-state index in [1.165, 1.54) is 0 Å². The molecule has 82 valence electrons. The van der Waals surface area contributed by atoms with E-state index in [2.05, 4.69) is 32.3 Å². The lowest BCUT2D eigenvalue weighted by molar-refractivity contribution is 0.0904. The summed E-state index contributed by atoms with van der Waals surface area (Å²) in [5, 5.41) is 3.49. The van der Waals surface area contributed by atoms with E-state index >= 15 is 0 Å². The lowest BCUT2D eigenvalue weighted by Crippen LogP contribution is -2.27. The van der Waals surface area contributed by atoms with Crippen molar-refractivity contribution in [1.82, 2.24) is 4.98 Å². The lowest BCUT2D eigenvalue weighted by atomic mass is 10.1. The smallest absolute Gasteiger partial charge is 0.109 e. The fourth-order valence-corrected chi connectivity index (χ4v) is 1.93. The van der Waals surface area contributed by atoms with E-state index in [0.29, 0.717) is 6.04 Å². The Morgan fingerprint density at radius 2 is 2.20 bits per heavy atom. The molecule has 2 heterocycles. The van der Waals surface area contributed by atoms with Gasteiger partial charge in [-0.05, 0) is 47.3 Å². The normalized spacial score (nSPS) is 17.7. The second kappa shape index (κ2) is 4.94. The highest BCUT2D eigenvalue weighted by molar-refractivity contribution is 9.10. The number of nitrogens with one attached hydrogen (secondary N) is 1. The van der Waals surface area contributed by atoms with Crippen LogP contribution in [0.2, 0.25) is 0 Å². The van der Waals surface area contributed by atoms with E-state index in [1.54, 1.807) is 0 Å². The molecule has 0 spiro atoms. The number of hydrogen-bond acceptors (Lipinski definition) is 3. The van der Waals surface area contributed by atoms with E-state index in [1.807, 2.05) is 13.1 Å². The van der Waals surface area contributed by atoms with Crippen LogP contribution in [0.1, 0.15) is 18.4 Å². The van der Waals surface area contributed by atoms with Crippen LogP contribution in [0.25, 0.3) is 0 Å². The van der Waals surface area contributed by atoms with Gasteiger partial charge in [0.1, 0.15) is 4.60 Å². The Morgan fingerprint density at radius 1 is 1.47 bits per heavy atom. The van der Waals surface area contributed by atoms with Gasteiger partial charge >= 0.3 is 0 Å². The molecule has 1 fully saturated rings. The standard InChI is InChI=1S/C11H15BrN2O/c1-8-6-10(7-13-11(8)12)14-9-2-4-15-5-3-9/h6-7,9,14H,2-5H2,1H3. The monoisotopic (exact) mass is 270 g/mol. The van der Waals surface area contributed by atoms with Gasteiger partial charge in [-0.25, -0.2) is 4.98 Å². The van der Waals surface area contributed by atoms with Crippen molar-refractivity contribution in [3.05, 3.63) is 22.4 Å². The zero-order valence-electron chi connectivity index (χ0n) is 8.79. The molecule has 0 bridgehead atoms. The van der Waals surface area contributed by atoms with Gasteiger partial charge in [-0.3, -0.25) is 0 Å². The van der Waals surface area contributed by atoms with E-state index < -0.39 is 0 Å². The first-order valence-electron chi connectivity index (χ1n) is 5.22. The van der Waals surface area contributed by atoms with Gasteiger partial charge in [0.25, 0.3) is 0 Å². The van der Waals surface area contributed by atoms with Crippen LogP contribution in [-0.2, 0) is 4.74 Å². The molecule has 3 nitrogen and oxygen atoms in total. The number of rotatable bonds is 2. The van der Waals surface area contributed by atoms with Gasteiger partial charge < -0.3 is 10.1 Å². The minimum absolute atomic E-state index is 0.529. The molecule has 1 aromatic rings. The maximum Gasteiger partial charge on any atom is 0.109 e. The molecule has 0 aromatic carbocycles. The number of halogens is 1. The van der Waals surface area contributed by atoms with Crippen molar-refractivity contribution in [1.29, 1.82) is 0 Å². The summed E-state index contributed by atoms with van der Waals surface area (Å²) >= 11 is 3.40. The Kier molecular flexibility index (Phi) is 3.59. The molecule has 0 atom stereocenters. The van der Waals surface area contributed by atoms with Crippen LogP contribution < -0.4 is 5.32 Å². The second-order valence-corrected chi connectivity index (χ2v) is 4.61. The molecule has 15 heavy (non-hydrogen) atoms. The summed E-state index contributed by atoms with van der Waals surface area (Å²) in [6, 6.07) is 2.65. The van der Waals surface area contributed by atoms with Crippen LogP contribution in [0, 0.1) is 6.92 Å². The van der Waals surface area contributed by atoms with Gasteiger partial charge in [-0.2, -0.15) is 0 Å². The van der Waals surface area contributed by atoms with Crippen molar-refractivity contribution >= 4 is 21.6 Å². The van der Waals surface area contributed by atoms with Gasteiger partial charge in [-0.1, -0.05) is 0 Å². The number of ether oxygens (including phenoxy) is 1. The predicted octanol–water partition coefficient (Wildman–Crippen LogP) is 2.74. The van der Waals surface area contributed by atoms with Gasteiger partial charge in [0.15, 0.2) is 0 Å². The van der Waals surface area contributed by atoms with Crippen molar-refractivity contribution in [2.24, 2.45) is 0 Å². The minimum Gasteiger partial charge on any atom is -0.381 e. The maximum atomic E-state index is 5.32. The van der Waals surface area contributed by atoms with Gasteiger partial charge in [0, 0.05) is 19.3 Å². The zero-order valence-corrected chi connectivity index (χ0v) is 10.4. The Morgan fingerprint density at radius 3 is 2.87 bits per heavy atom. The number of aromatic nitrogens is 1. The summed E-state index contributed by atoms with van der Waals surface area (Å²) in [6.45, 7) is 3.77. The average molecular weight is 271 g/mol. The van der Waals surface area contributed by atoms with Crippen molar-refractivity contribution < 1.29 is 4.74 Å². The molecule has 0 aliphatic carbocycles. The molecule has 1 aromatic heterocycles. The molecular weight excluding hydrogens is 256 g/mol. The molecule has 1 saturated heterocycles. The Hall–Kier alpha value is -0.610. The van der Waals surface area contributed by atoms with Crippen LogP contribution in [0.5, 0.6) is 0 Å². The summed E-state index contributed by atoms with van der Waals surface area (Å²) in [6.07, 6.45) is 4.02. The van der Waals surface area contributed by atoms with Crippen LogP contribution in [-0.4, -0.2) is 24.2 Å². The van der Waals surface area contributed by atoms with Gasteiger partial charge in [-0.15, -0.1) is 0 Å². The fourth-order valence-electron chi connectivity index (χ4n) is 1.71. The number of aryl methyl sites for hydroxylation is 1. The molecule has 0 amide bonds. The molecule has 2 rings (SSSR count). The molecule has 0 saturated carbocycles. The SMILES string of the molecule is Cc1cc(NC2CCOCC2)cnc1Br. The summed E-state index contributed by atoms with van der Waals surface area (Å²) in [7, 11) is 0.